The first-order chi connectivity index (χ1) is 14.0. The fraction of sp³-hybridized carbons (Fsp3) is 0.545. The summed E-state index contributed by atoms with van der Waals surface area (Å²) in [5, 5.41) is 5.01. The van der Waals surface area contributed by atoms with E-state index in [2.05, 4.69) is 51.0 Å². The Hall–Kier alpha value is -1.96. The number of ketones is 1. The molecule has 0 saturated carbocycles. The van der Waals surface area contributed by atoms with Gasteiger partial charge in [0.2, 0.25) is 5.91 Å². The lowest BCUT2D eigenvalue weighted by Crippen LogP contribution is -2.50. The Labute approximate surface area is 177 Å². The minimum Gasteiger partial charge on any atom is -0.355 e. The van der Waals surface area contributed by atoms with Crippen molar-refractivity contribution in [1.29, 1.82) is 0 Å². The van der Waals surface area contributed by atoms with E-state index in [9.17, 15) is 9.59 Å². The van der Waals surface area contributed by atoms with Crippen molar-refractivity contribution in [3.63, 3.8) is 0 Å². The van der Waals surface area contributed by atoms with Crippen LogP contribution in [0.5, 0.6) is 0 Å². The number of carbonyl (C=O) groups excluding carboxylic acids is 2. The molecule has 0 spiro atoms. The average Bonchev–Trinajstić information content (AvgIpc) is 3.31. The van der Waals surface area contributed by atoms with Crippen molar-refractivity contribution in [3.05, 3.63) is 45.4 Å². The molecule has 3 rings (SSSR count). The SMILES string of the molecule is CCCNC(=O)CN1CCN(CC(=O)c2cc(C)n(Cc3cccs3)c2C)CC1. The predicted octanol–water partition coefficient (Wildman–Crippen LogP) is 2.54. The molecule has 1 saturated heterocycles. The van der Waals surface area contributed by atoms with Crippen LogP contribution in [0.4, 0.5) is 0 Å². The fourth-order valence-corrected chi connectivity index (χ4v) is 4.49. The van der Waals surface area contributed by atoms with Crippen molar-refractivity contribution in [2.24, 2.45) is 0 Å². The van der Waals surface area contributed by atoms with Crippen LogP contribution in [0.2, 0.25) is 0 Å². The lowest BCUT2D eigenvalue weighted by Gasteiger charge is -2.33. The van der Waals surface area contributed by atoms with Gasteiger partial charge in [-0.25, -0.2) is 0 Å². The fourth-order valence-electron chi connectivity index (χ4n) is 3.80. The van der Waals surface area contributed by atoms with Crippen molar-refractivity contribution >= 4 is 23.0 Å². The molecule has 1 aliphatic heterocycles. The maximum Gasteiger partial charge on any atom is 0.234 e. The Morgan fingerprint density at radius 1 is 1.10 bits per heavy atom. The molecule has 3 heterocycles. The van der Waals surface area contributed by atoms with Gasteiger partial charge < -0.3 is 9.88 Å². The first kappa shape index (κ1) is 21.7. The monoisotopic (exact) mass is 416 g/mol. The highest BCUT2D eigenvalue weighted by molar-refractivity contribution is 7.09. The smallest absolute Gasteiger partial charge is 0.234 e. The van der Waals surface area contributed by atoms with Gasteiger partial charge >= 0.3 is 0 Å². The molecule has 0 bridgehead atoms. The van der Waals surface area contributed by atoms with E-state index < -0.39 is 0 Å². The number of aryl methyl sites for hydroxylation is 1. The molecule has 6 nitrogen and oxygen atoms in total. The van der Waals surface area contributed by atoms with E-state index in [1.807, 2.05) is 13.0 Å². The maximum atomic E-state index is 12.9. The summed E-state index contributed by atoms with van der Waals surface area (Å²) in [6.45, 7) is 11.9. The van der Waals surface area contributed by atoms with Gasteiger partial charge in [0.15, 0.2) is 5.78 Å². The number of Topliss-reactive ketones (excluding diaryl/α,β-unsaturated/α-hetero) is 1. The Morgan fingerprint density at radius 3 is 2.41 bits per heavy atom. The van der Waals surface area contributed by atoms with Gasteiger partial charge in [-0.05, 0) is 37.8 Å². The molecule has 0 aliphatic carbocycles. The molecule has 2 aromatic heterocycles. The number of thiophene rings is 1. The van der Waals surface area contributed by atoms with Crippen LogP contribution in [0.15, 0.2) is 23.6 Å². The second-order valence-electron chi connectivity index (χ2n) is 7.78. The molecule has 2 aromatic rings. The van der Waals surface area contributed by atoms with Crippen molar-refractivity contribution in [3.8, 4) is 0 Å². The van der Waals surface area contributed by atoms with E-state index >= 15 is 0 Å². The third kappa shape index (κ3) is 5.78. The summed E-state index contributed by atoms with van der Waals surface area (Å²) in [7, 11) is 0. The molecular formula is C22H32N4O2S. The van der Waals surface area contributed by atoms with E-state index in [0.29, 0.717) is 13.1 Å². The molecule has 1 N–H and O–H groups in total. The Morgan fingerprint density at radius 2 is 1.79 bits per heavy atom. The number of carbonyl (C=O) groups is 2. The highest BCUT2D eigenvalue weighted by Gasteiger charge is 2.23. The summed E-state index contributed by atoms with van der Waals surface area (Å²) in [4.78, 5) is 30.5. The van der Waals surface area contributed by atoms with Crippen LogP contribution in [0.25, 0.3) is 0 Å². The molecule has 1 fully saturated rings. The van der Waals surface area contributed by atoms with Crippen LogP contribution in [0.1, 0.15) is 40.0 Å². The Balaban J connectivity index is 1.52. The van der Waals surface area contributed by atoms with Gasteiger partial charge in [0.25, 0.3) is 0 Å². The van der Waals surface area contributed by atoms with Gasteiger partial charge in [0, 0.05) is 54.6 Å². The van der Waals surface area contributed by atoms with Crippen molar-refractivity contribution in [1.82, 2.24) is 19.7 Å². The summed E-state index contributed by atoms with van der Waals surface area (Å²) in [5.74, 6) is 0.277. The zero-order valence-corrected chi connectivity index (χ0v) is 18.6. The van der Waals surface area contributed by atoms with E-state index in [1.165, 1.54) is 4.88 Å². The first-order valence-electron chi connectivity index (χ1n) is 10.4. The van der Waals surface area contributed by atoms with Crippen LogP contribution < -0.4 is 5.32 Å². The van der Waals surface area contributed by atoms with Gasteiger partial charge in [-0.1, -0.05) is 13.0 Å². The van der Waals surface area contributed by atoms with Crippen molar-refractivity contribution in [2.45, 2.75) is 33.7 Å². The van der Waals surface area contributed by atoms with E-state index in [1.54, 1.807) is 11.3 Å². The second kappa shape index (κ2) is 10.2. The third-order valence-electron chi connectivity index (χ3n) is 5.54. The van der Waals surface area contributed by atoms with Crippen LogP contribution in [0.3, 0.4) is 0 Å². The van der Waals surface area contributed by atoms with Gasteiger partial charge in [-0.15, -0.1) is 11.3 Å². The minimum absolute atomic E-state index is 0.0922. The number of piperazine rings is 1. The van der Waals surface area contributed by atoms with Crippen molar-refractivity contribution in [2.75, 3.05) is 45.8 Å². The molecule has 1 amide bonds. The molecule has 158 valence electrons. The Bertz CT molecular complexity index is 820. The van der Waals surface area contributed by atoms with Gasteiger partial charge in [-0.2, -0.15) is 0 Å². The van der Waals surface area contributed by atoms with Crippen molar-refractivity contribution < 1.29 is 9.59 Å². The number of hydrogen-bond acceptors (Lipinski definition) is 5. The van der Waals surface area contributed by atoms with E-state index in [0.717, 1.165) is 62.6 Å². The number of amides is 1. The van der Waals surface area contributed by atoms with Crippen LogP contribution in [-0.4, -0.2) is 71.9 Å². The maximum absolute atomic E-state index is 12.9. The first-order valence-corrected chi connectivity index (χ1v) is 11.3. The highest BCUT2D eigenvalue weighted by atomic mass is 32.1. The standard InChI is InChI=1S/C22H32N4O2S/c1-4-7-23-22(28)16-25-10-8-24(9-11-25)15-21(27)20-13-17(2)26(18(20)3)14-19-6-5-12-29-19/h5-6,12-13H,4,7-11,14-16H2,1-3H3,(H,23,28). The normalized spacial score (nSPS) is 15.6. The van der Waals surface area contributed by atoms with E-state index in [-0.39, 0.29) is 11.7 Å². The van der Waals surface area contributed by atoms with Crippen LogP contribution >= 0.6 is 11.3 Å². The average molecular weight is 417 g/mol. The second-order valence-corrected chi connectivity index (χ2v) is 8.81. The molecule has 0 atom stereocenters. The summed E-state index contributed by atoms with van der Waals surface area (Å²) in [5.41, 5.74) is 3.01. The molecule has 1 aliphatic rings. The summed E-state index contributed by atoms with van der Waals surface area (Å²) in [6, 6.07) is 6.22. The van der Waals surface area contributed by atoms with Gasteiger partial charge in [0.1, 0.15) is 0 Å². The number of nitrogens with one attached hydrogen (secondary N) is 1. The lowest BCUT2D eigenvalue weighted by atomic mass is 10.1. The van der Waals surface area contributed by atoms with Crippen LogP contribution in [0, 0.1) is 13.8 Å². The molecule has 0 radical (unpaired) electrons. The molecule has 0 unspecified atom stereocenters. The zero-order valence-electron chi connectivity index (χ0n) is 17.7. The van der Waals surface area contributed by atoms with E-state index in [4.69, 9.17) is 0 Å². The Kier molecular flexibility index (Phi) is 7.64. The zero-order chi connectivity index (χ0) is 20.8. The number of hydrogen-bond donors (Lipinski definition) is 1. The quantitative estimate of drug-likeness (QED) is 0.639. The highest BCUT2D eigenvalue weighted by Crippen LogP contribution is 2.20. The van der Waals surface area contributed by atoms with Crippen LogP contribution in [-0.2, 0) is 11.3 Å². The molecule has 7 heteroatoms. The minimum atomic E-state index is 0.0922. The number of rotatable bonds is 9. The number of aromatic nitrogens is 1. The largest absolute Gasteiger partial charge is 0.355 e. The summed E-state index contributed by atoms with van der Waals surface area (Å²) >= 11 is 1.74. The molecular weight excluding hydrogens is 384 g/mol. The van der Waals surface area contributed by atoms with Gasteiger partial charge in [-0.3, -0.25) is 19.4 Å². The topological polar surface area (TPSA) is 57.6 Å². The predicted molar refractivity (Wildman–Crippen MR) is 118 cm³/mol. The molecule has 0 aromatic carbocycles. The third-order valence-corrected chi connectivity index (χ3v) is 6.40. The lowest BCUT2D eigenvalue weighted by molar-refractivity contribution is -0.122. The number of nitrogens with zero attached hydrogens (tertiary/aromatic N) is 3. The van der Waals surface area contributed by atoms with Gasteiger partial charge in [0.05, 0.1) is 19.6 Å². The molecule has 29 heavy (non-hydrogen) atoms. The summed E-state index contributed by atoms with van der Waals surface area (Å²) < 4.78 is 2.23. The summed E-state index contributed by atoms with van der Waals surface area (Å²) in [6.07, 6.45) is 0.954.